The lowest BCUT2D eigenvalue weighted by atomic mass is 10.1. The minimum absolute atomic E-state index is 0.623. The Morgan fingerprint density at radius 3 is 2.65 bits per heavy atom. The van der Waals surface area contributed by atoms with Gasteiger partial charge in [-0.2, -0.15) is 0 Å². The maximum absolute atomic E-state index is 5.77. The molecule has 1 heterocycles. The highest BCUT2D eigenvalue weighted by atomic mass is 16.5. The molecule has 0 spiro atoms. The first-order chi connectivity index (χ1) is 11.1. The third-order valence-electron chi connectivity index (χ3n) is 3.81. The molecule has 0 atom stereocenters. The van der Waals surface area contributed by atoms with E-state index in [2.05, 4.69) is 48.1 Å². The Kier molecular flexibility index (Phi) is 6.15. The lowest BCUT2D eigenvalue weighted by Gasteiger charge is -2.10. The predicted octanol–water partition coefficient (Wildman–Crippen LogP) is 3.93. The lowest BCUT2D eigenvalue weighted by Crippen LogP contribution is -2.14. The third kappa shape index (κ3) is 5.09. The molecule has 1 aromatic carbocycles. The van der Waals surface area contributed by atoms with E-state index >= 15 is 0 Å². The summed E-state index contributed by atoms with van der Waals surface area (Å²) in [7, 11) is 2.00. The summed E-state index contributed by atoms with van der Waals surface area (Å²) in [6, 6.07) is 12.2. The molecule has 0 N–H and O–H groups in total. The van der Waals surface area contributed by atoms with Gasteiger partial charge in [-0.1, -0.05) is 24.3 Å². The molecule has 122 valence electrons. The van der Waals surface area contributed by atoms with Crippen LogP contribution in [0.15, 0.2) is 41.4 Å². The van der Waals surface area contributed by atoms with Crippen LogP contribution in [0.3, 0.4) is 0 Å². The zero-order valence-corrected chi connectivity index (χ0v) is 14.4. The summed E-state index contributed by atoms with van der Waals surface area (Å²) in [4.78, 5) is 10.9. The van der Waals surface area contributed by atoms with Crippen molar-refractivity contribution >= 4 is 12.0 Å². The quantitative estimate of drug-likeness (QED) is 0.574. The molecule has 4 nitrogen and oxygen atoms in total. The Labute approximate surface area is 138 Å². The summed E-state index contributed by atoms with van der Waals surface area (Å²) in [5, 5.41) is 0. The predicted molar refractivity (Wildman–Crippen MR) is 95.8 cm³/mol. The summed E-state index contributed by atoms with van der Waals surface area (Å²) in [6.45, 7) is 7.71. The van der Waals surface area contributed by atoms with Gasteiger partial charge in [0.05, 0.1) is 24.3 Å². The Morgan fingerprint density at radius 1 is 1.17 bits per heavy atom. The molecular formula is C19H25N3O. The number of aryl methyl sites for hydroxylation is 2. The van der Waals surface area contributed by atoms with Gasteiger partial charge in [-0.05, 0) is 38.0 Å². The zero-order chi connectivity index (χ0) is 16.7. The van der Waals surface area contributed by atoms with Crippen LogP contribution < -0.4 is 4.74 Å². The van der Waals surface area contributed by atoms with Gasteiger partial charge in [-0.15, -0.1) is 0 Å². The van der Waals surface area contributed by atoms with E-state index in [0.717, 1.165) is 24.3 Å². The number of hydrogen-bond donors (Lipinski definition) is 0. The van der Waals surface area contributed by atoms with E-state index in [1.165, 1.54) is 11.1 Å². The first-order valence-electron chi connectivity index (χ1n) is 7.99. The first-order valence-corrected chi connectivity index (χ1v) is 7.99. The van der Waals surface area contributed by atoms with Gasteiger partial charge in [-0.25, -0.2) is 9.98 Å². The minimum Gasteiger partial charge on any atom is -0.477 e. The van der Waals surface area contributed by atoms with Gasteiger partial charge >= 0.3 is 0 Å². The van der Waals surface area contributed by atoms with Crippen LogP contribution in [0.4, 0.5) is 5.69 Å². The SMILES string of the molecule is CCN(C)C=Nc1ccc(OCCc2ccccc2C)nc1C. The molecule has 4 heteroatoms. The van der Waals surface area contributed by atoms with Crippen LogP contribution in [0.25, 0.3) is 0 Å². The highest BCUT2D eigenvalue weighted by Crippen LogP contribution is 2.20. The van der Waals surface area contributed by atoms with Crippen LogP contribution in [0.5, 0.6) is 5.88 Å². The van der Waals surface area contributed by atoms with E-state index < -0.39 is 0 Å². The number of pyridine rings is 1. The fraction of sp³-hybridized carbons (Fsp3) is 0.368. The second-order valence-corrected chi connectivity index (χ2v) is 5.60. The average molecular weight is 311 g/mol. The molecule has 0 unspecified atom stereocenters. The van der Waals surface area contributed by atoms with Crippen LogP contribution in [-0.4, -0.2) is 36.4 Å². The van der Waals surface area contributed by atoms with Gasteiger partial charge in [0.25, 0.3) is 0 Å². The molecular weight excluding hydrogens is 286 g/mol. The summed E-state index contributed by atoms with van der Waals surface area (Å²) < 4.78 is 5.77. The van der Waals surface area contributed by atoms with Crippen molar-refractivity contribution in [2.45, 2.75) is 27.2 Å². The highest BCUT2D eigenvalue weighted by Gasteiger charge is 2.03. The molecule has 2 rings (SSSR count). The summed E-state index contributed by atoms with van der Waals surface area (Å²) in [6.07, 6.45) is 2.71. The van der Waals surface area contributed by atoms with Crippen LogP contribution in [-0.2, 0) is 6.42 Å². The number of rotatable bonds is 7. The van der Waals surface area contributed by atoms with Crippen molar-refractivity contribution in [3.05, 3.63) is 53.2 Å². The van der Waals surface area contributed by atoms with E-state index in [0.29, 0.717) is 12.5 Å². The number of aliphatic imine (C=N–C) groups is 1. The van der Waals surface area contributed by atoms with Crippen molar-refractivity contribution in [3.8, 4) is 5.88 Å². The molecule has 0 aliphatic heterocycles. The van der Waals surface area contributed by atoms with Crippen molar-refractivity contribution in [1.82, 2.24) is 9.88 Å². The Balaban J connectivity index is 1.93. The maximum Gasteiger partial charge on any atom is 0.213 e. The Bertz CT molecular complexity index is 667. The zero-order valence-electron chi connectivity index (χ0n) is 14.4. The van der Waals surface area contributed by atoms with Crippen LogP contribution in [0.1, 0.15) is 23.7 Å². The molecule has 0 bridgehead atoms. The highest BCUT2D eigenvalue weighted by molar-refractivity contribution is 5.62. The van der Waals surface area contributed by atoms with Crippen molar-refractivity contribution in [1.29, 1.82) is 0 Å². The van der Waals surface area contributed by atoms with Gasteiger partial charge < -0.3 is 9.64 Å². The van der Waals surface area contributed by atoms with E-state index in [4.69, 9.17) is 4.74 Å². The second kappa shape index (κ2) is 8.32. The van der Waals surface area contributed by atoms with Crippen molar-refractivity contribution in [2.24, 2.45) is 4.99 Å². The van der Waals surface area contributed by atoms with Crippen molar-refractivity contribution in [2.75, 3.05) is 20.2 Å². The normalized spacial score (nSPS) is 11.0. The second-order valence-electron chi connectivity index (χ2n) is 5.60. The standard InChI is InChI=1S/C19H25N3O/c1-5-22(4)14-20-18-10-11-19(21-16(18)3)23-13-12-17-9-7-6-8-15(17)2/h6-11,14H,5,12-13H2,1-4H3. The van der Waals surface area contributed by atoms with Gasteiger partial charge in [0.2, 0.25) is 5.88 Å². The number of nitrogens with zero attached hydrogens (tertiary/aromatic N) is 3. The summed E-state index contributed by atoms with van der Waals surface area (Å²) >= 11 is 0. The topological polar surface area (TPSA) is 37.7 Å². The van der Waals surface area contributed by atoms with E-state index in [1.807, 2.05) is 37.3 Å². The van der Waals surface area contributed by atoms with Crippen molar-refractivity contribution in [3.63, 3.8) is 0 Å². The molecule has 0 aliphatic carbocycles. The summed E-state index contributed by atoms with van der Waals surface area (Å²) in [5.74, 6) is 0.652. The largest absolute Gasteiger partial charge is 0.477 e. The average Bonchev–Trinajstić information content (AvgIpc) is 2.55. The van der Waals surface area contributed by atoms with Crippen LogP contribution in [0.2, 0.25) is 0 Å². The number of benzene rings is 1. The molecule has 0 fully saturated rings. The molecule has 0 aliphatic rings. The van der Waals surface area contributed by atoms with Gasteiger partial charge in [0.1, 0.15) is 0 Å². The monoisotopic (exact) mass is 311 g/mol. The van der Waals surface area contributed by atoms with Gasteiger partial charge in [-0.3, -0.25) is 0 Å². The molecule has 0 amide bonds. The minimum atomic E-state index is 0.623. The molecule has 1 aromatic heterocycles. The molecule has 23 heavy (non-hydrogen) atoms. The Hall–Kier alpha value is -2.36. The molecule has 0 radical (unpaired) electrons. The summed E-state index contributed by atoms with van der Waals surface area (Å²) in [5.41, 5.74) is 4.36. The van der Waals surface area contributed by atoms with Gasteiger partial charge in [0.15, 0.2) is 0 Å². The van der Waals surface area contributed by atoms with E-state index in [-0.39, 0.29) is 0 Å². The van der Waals surface area contributed by atoms with Gasteiger partial charge in [0, 0.05) is 26.1 Å². The smallest absolute Gasteiger partial charge is 0.213 e. The fourth-order valence-electron chi connectivity index (χ4n) is 2.15. The van der Waals surface area contributed by atoms with E-state index in [9.17, 15) is 0 Å². The lowest BCUT2D eigenvalue weighted by molar-refractivity contribution is 0.309. The number of aromatic nitrogens is 1. The number of hydrogen-bond acceptors (Lipinski definition) is 3. The third-order valence-corrected chi connectivity index (χ3v) is 3.81. The molecule has 2 aromatic rings. The molecule has 0 saturated carbocycles. The first kappa shape index (κ1) is 17.0. The van der Waals surface area contributed by atoms with Crippen LogP contribution >= 0.6 is 0 Å². The fourth-order valence-corrected chi connectivity index (χ4v) is 2.15. The van der Waals surface area contributed by atoms with E-state index in [1.54, 1.807) is 0 Å². The maximum atomic E-state index is 5.77. The van der Waals surface area contributed by atoms with Crippen LogP contribution in [0, 0.1) is 13.8 Å². The van der Waals surface area contributed by atoms with Crippen molar-refractivity contribution < 1.29 is 4.74 Å². The number of ether oxygens (including phenoxy) is 1. The Morgan fingerprint density at radius 2 is 1.96 bits per heavy atom. The molecule has 0 saturated heterocycles.